The molecule has 86 valence electrons. The maximum absolute atomic E-state index is 9.21. The highest BCUT2D eigenvalue weighted by Crippen LogP contribution is 1.81. The molecule has 14 heavy (non-hydrogen) atoms. The highest BCUT2D eigenvalue weighted by Gasteiger charge is 2.00. The predicted octanol–water partition coefficient (Wildman–Crippen LogP) is -1.51. The van der Waals surface area contributed by atoms with Crippen LogP contribution in [-0.2, 0) is 14.2 Å². The summed E-state index contributed by atoms with van der Waals surface area (Å²) in [6.07, 6.45) is -0.496. The lowest BCUT2D eigenvalue weighted by molar-refractivity contribution is 0.0287. The average molecular weight is 208 g/mol. The number of aliphatic hydroxyl groups excluding tert-OH is 1. The van der Waals surface area contributed by atoms with Gasteiger partial charge < -0.3 is 25.1 Å². The lowest BCUT2D eigenvalue weighted by atomic mass is 10.4. The molecule has 1 unspecified atom stereocenters. The van der Waals surface area contributed by atoms with Crippen LogP contribution in [-0.4, -0.2) is 58.1 Å². The summed E-state index contributed by atoms with van der Waals surface area (Å²) in [5.41, 5.74) is 5.10. The molecule has 0 aliphatic rings. The SMILES string of the molecule is COCC(O)CNCOCCOCN. The number of hydrogen-bond acceptors (Lipinski definition) is 6. The third kappa shape index (κ3) is 9.85. The third-order valence-corrected chi connectivity index (χ3v) is 1.43. The lowest BCUT2D eigenvalue weighted by Gasteiger charge is -2.10. The molecule has 0 heterocycles. The summed E-state index contributed by atoms with van der Waals surface area (Å²) < 4.78 is 14.7. The van der Waals surface area contributed by atoms with E-state index >= 15 is 0 Å². The summed E-state index contributed by atoms with van der Waals surface area (Å²) >= 11 is 0. The van der Waals surface area contributed by atoms with Crippen LogP contribution in [0.1, 0.15) is 0 Å². The Morgan fingerprint density at radius 1 is 1.36 bits per heavy atom. The van der Waals surface area contributed by atoms with Gasteiger partial charge in [0.15, 0.2) is 0 Å². The molecule has 0 saturated carbocycles. The van der Waals surface area contributed by atoms with Gasteiger partial charge >= 0.3 is 0 Å². The van der Waals surface area contributed by atoms with Crippen molar-refractivity contribution in [2.45, 2.75) is 6.10 Å². The van der Waals surface area contributed by atoms with E-state index in [9.17, 15) is 5.11 Å². The van der Waals surface area contributed by atoms with Crippen LogP contribution in [0.3, 0.4) is 0 Å². The van der Waals surface area contributed by atoms with Gasteiger partial charge in [0, 0.05) is 13.7 Å². The Morgan fingerprint density at radius 3 is 2.71 bits per heavy atom. The molecular formula is C8H20N2O4. The minimum absolute atomic E-state index is 0.212. The molecule has 0 aliphatic heterocycles. The average Bonchev–Trinajstić information content (AvgIpc) is 2.17. The molecule has 0 bridgehead atoms. The van der Waals surface area contributed by atoms with Gasteiger partial charge in [-0.2, -0.15) is 0 Å². The van der Waals surface area contributed by atoms with Crippen LogP contribution in [0.25, 0.3) is 0 Å². The summed E-state index contributed by atoms with van der Waals surface area (Å²) in [6, 6.07) is 0. The maximum Gasteiger partial charge on any atom is 0.0967 e. The molecule has 4 N–H and O–H groups in total. The van der Waals surface area contributed by atoms with Crippen molar-refractivity contribution >= 4 is 0 Å². The third-order valence-electron chi connectivity index (χ3n) is 1.43. The first-order valence-corrected chi connectivity index (χ1v) is 4.54. The van der Waals surface area contributed by atoms with Crippen molar-refractivity contribution in [2.75, 3.05) is 46.9 Å². The standard InChI is InChI=1S/C8H20N2O4/c1-12-5-8(11)4-10-7-14-3-2-13-6-9/h8,10-11H,2-7,9H2,1H3. The quantitative estimate of drug-likeness (QED) is 0.299. The van der Waals surface area contributed by atoms with Crippen molar-refractivity contribution in [1.82, 2.24) is 5.32 Å². The summed E-state index contributed by atoms with van der Waals surface area (Å²) in [5, 5.41) is 12.1. The van der Waals surface area contributed by atoms with Crippen LogP contribution in [0, 0.1) is 0 Å². The molecule has 0 aromatic rings. The van der Waals surface area contributed by atoms with Gasteiger partial charge in [-0.1, -0.05) is 0 Å². The zero-order valence-electron chi connectivity index (χ0n) is 8.57. The lowest BCUT2D eigenvalue weighted by Crippen LogP contribution is -2.31. The fraction of sp³-hybridized carbons (Fsp3) is 1.00. The number of hydrogen-bond donors (Lipinski definition) is 3. The first kappa shape index (κ1) is 13.8. The monoisotopic (exact) mass is 208 g/mol. The van der Waals surface area contributed by atoms with Gasteiger partial charge in [-0.05, 0) is 0 Å². The van der Waals surface area contributed by atoms with Gasteiger partial charge in [0.25, 0.3) is 0 Å². The fourth-order valence-electron chi connectivity index (χ4n) is 0.822. The van der Waals surface area contributed by atoms with Crippen molar-refractivity contribution < 1.29 is 19.3 Å². The van der Waals surface area contributed by atoms with Crippen LogP contribution in [0.5, 0.6) is 0 Å². The molecular weight excluding hydrogens is 188 g/mol. The first-order chi connectivity index (χ1) is 6.81. The Labute approximate surface area is 84.3 Å². The predicted molar refractivity (Wildman–Crippen MR) is 51.7 cm³/mol. The topological polar surface area (TPSA) is 86.0 Å². The molecule has 0 aromatic carbocycles. The molecule has 0 amide bonds. The van der Waals surface area contributed by atoms with Crippen molar-refractivity contribution in [1.29, 1.82) is 0 Å². The summed E-state index contributed by atoms with van der Waals surface area (Å²) in [7, 11) is 1.55. The van der Waals surface area contributed by atoms with E-state index < -0.39 is 6.10 Å². The summed E-state index contributed by atoms with van der Waals surface area (Å²) in [6.45, 7) is 2.34. The van der Waals surface area contributed by atoms with Gasteiger partial charge in [0.2, 0.25) is 0 Å². The fourth-order valence-corrected chi connectivity index (χ4v) is 0.822. The molecule has 0 spiro atoms. The molecule has 0 aromatic heterocycles. The number of methoxy groups -OCH3 is 1. The molecule has 6 nitrogen and oxygen atoms in total. The highest BCUT2D eigenvalue weighted by molar-refractivity contribution is 4.54. The molecule has 0 radical (unpaired) electrons. The molecule has 0 rings (SSSR count). The van der Waals surface area contributed by atoms with E-state index in [0.717, 1.165) is 0 Å². The van der Waals surface area contributed by atoms with E-state index in [1.165, 1.54) is 0 Å². The van der Waals surface area contributed by atoms with Gasteiger partial charge in [0.05, 0.1) is 39.4 Å². The second kappa shape index (κ2) is 10.8. The minimum Gasteiger partial charge on any atom is -0.389 e. The zero-order valence-corrected chi connectivity index (χ0v) is 8.57. The van der Waals surface area contributed by atoms with Crippen molar-refractivity contribution in [3.05, 3.63) is 0 Å². The summed E-state index contributed by atoms with van der Waals surface area (Å²) in [4.78, 5) is 0. The van der Waals surface area contributed by atoms with E-state index in [1.54, 1.807) is 7.11 Å². The van der Waals surface area contributed by atoms with Crippen LogP contribution < -0.4 is 11.1 Å². The normalized spacial score (nSPS) is 13.1. The number of nitrogens with one attached hydrogen (secondary N) is 1. The van der Waals surface area contributed by atoms with Crippen molar-refractivity contribution in [3.8, 4) is 0 Å². The van der Waals surface area contributed by atoms with Gasteiger partial charge in [-0.15, -0.1) is 0 Å². The molecule has 0 aliphatic carbocycles. The number of aliphatic hydroxyl groups is 1. The second-order valence-electron chi connectivity index (χ2n) is 2.69. The Hall–Kier alpha value is -0.240. The molecule has 0 fully saturated rings. The van der Waals surface area contributed by atoms with Crippen molar-refractivity contribution in [3.63, 3.8) is 0 Å². The second-order valence-corrected chi connectivity index (χ2v) is 2.69. The Balaban J connectivity index is 2.98. The molecule has 6 heteroatoms. The van der Waals surface area contributed by atoms with Crippen LogP contribution in [0.15, 0.2) is 0 Å². The van der Waals surface area contributed by atoms with Gasteiger partial charge in [-0.25, -0.2) is 0 Å². The zero-order chi connectivity index (χ0) is 10.6. The van der Waals surface area contributed by atoms with E-state index in [-0.39, 0.29) is 6.73 Å². The summed E-state index contributed by atoms with van der Waals surface area (Å²) in [5.74, 6) is 0. The smallest absolute Gasteiger partial charge is 0.0967 e. The number of ether oxygens (including phenoxy) is 3. The largest absolute Gasteiger partial charge is 0.389 e. The van der Waals surface area contributed by atoms with Gasteiger partial charge in [0.1, 0.15) is 0 Å². The van der Waals surface area contributed by atoms with Crippen LogP contribution in [0.4, 0.5) is 0 Å². The van der Waals surface area contributed by atoms with Crippen LogP contribution >= 0.6 is 0 Å². The number of rotatable bonds is 10. The van der Waals surface area contributed by atoms with E-state index in [0.29, 0.717) is 33.1 Å². The Morgan fingerprint density at radius 2 is 2.07 bits per heavy atom. The maximum atomic E-state index is 9.21. The van der Waals surface area contributed by atoms with Crippen LogP contribution in [0.2, 0.25) is 0 Å². The van der Waals surface area contributed by atoms with E-state index in [2.05, 4.69) is 5.32 Å². The minimum atomic E-state index is -0.496. The molecule has 1 atom stereocenters. The Bertz CT molecular complexity index is 116. The number of nitrogens with two attached hydrogens (primary N) is 1. The van der Waals surface area contributed by atoms with Gasteiger partial charge in [-0.3, -0.25) is 5.32 Å². The first-order valence-electron chi connectivity index (χ1n) is 4.54. The van der Waals surface area contributed by atoms with E-state index in [1.807, 2.05) is 0 Å². The van der Waals surface area contributed by atoms with E-state index in [4.69, 9.17) is 19.9 Å². The highest BCUT2D eigenvalue weighted by atomic mass is 16.5. The molecule has 0 saturated heterocycles. The van der Waals surface area contributed by atoms with Crippen molar-refractivity contribution in [2.24, 2.45) is 5.73 Å². The Kier molecular flexibility index (Phi) is 10.7.